The molecule has 1 N–H and O–H groups in total. The Morgan fingerprint density at radius 1 is 1.06 bits per heavy atom. The highest BCUT2D eigenvalue weighted by Crippen LogP contribution is 2.40. The zero-order valence-electron chi connectivity index (χ0n) is 18.6. The Labute approximate surface area is 190 Å². The zero-order valence-corrected chi connectivity index (χ0v) is 18.6. The van der Waals surface area contributed by atoms with Gasteiger partial charge in [-0.25, -0.2) is 9.18 Å². The highest BCUT2D eigenvalue weighted by molar-refractivity contribution is 5.90. The van der Waals surface area contributed by atoms with Crippen molar-refractivity contribution in [1.82, 2.24) is 15.0 Å². The largest absolute Gasteiger partial charge is 0.493 e. The number of likely N-dealkylation sites (tertiary alicyclic amines) is 1. The molecular weight excluding hydrogens is 431 g/mol. The van der Waals surface area contributed by atoms with Crippen LogP contribution in [0, 0.1) is 5.82 Å². The highest BCUT2D eigenvalue weighted by atomic mass is 19.1. The molecule has 2 aromatic carbocycles. The maximum absolute atomic E-state index is 13.1. The number of amides is 2. The molecule has 9 nitrogen and oxygen atoms in total. The van der Waals surface area contributed by atoms with E-state index in [1.165, 1.54) is 33.5 Å². The number of carbonyl (C=O) groups is 1. The van der Waals surface area contributed by atoms with Crippen LogP contribution < -0.4 is 19.5 Å². The minimum Gasteiger partial charge on any atom is -0.493 e. The molecule has 1 aliphatic rings. The van der Waals surface area contributed by atoms with E-state index in [4.69, 9.17) is 18.7 Å². The number of urea groups is 1. The van der Waals surface area contributed by atoms with Crippen molar-refractivity contribution in [2.45, 2.75) is 18.8 Å². The fourth-order valence-electron chi connectivity index (χ4n) is 3.80. The van der Waals surface area contributed by atoms with E-state index in [-0.39, 0.29) is 17.8 Å². The van der Waals surface area contributed by atoms with Crippen molar-refractivity contribution in [1.29, 1.82) is 0 Å². The van der Waals surface area contributed by atoms with E-state index in [0.717, 1.165) is 0 Å². The lowest BCUT2D eigenvalue weighted by molar-refractivity contribution is 0.187. The number of aromatic nitrogens is 2. The number of ether oxygens (including phenoxy) is 3. The van der Waals surface area contributed by atoms with Gasteiger partial charge in [0.05, 0.1) is 27.0 Å². The topological polar surface area (TPSA) is 99.0 Å². The summed E-state index contributed by atoms with van der Waals surface area (Å²) in [5.74, 6) is 2.06. The third kappa shape index (κ3) is 4.84. The quantitative estimate of drug-likeness (QED) is 0.590. The van der Waals surface area contributed by atoms with E-state index >= 15 is 0 Å². The Morgan fingerprint density at radius 3 is 2.27 bits per heavy atom. The number of benzene rings is 2. The summed E-state index contributed by atoms with van der Waals surface area (Å²) in [6.07, 6.45) is 1.38. The van der Waals surface area contributed by atoms with Crippen LogP contribution in [-0.2, 0) is 0 Å². The molecule has 1 fully saturated rings. The summed E-state index contributed by atoms with van der Waals surface area (Å²) in [7, 11) is 4.56. The number of nitrogens with one attached hydrogen (secondary N) is 1. The third-order valence-electron chi connectivity index (χ3n) is 5.59. The van der Waals surface area contributed by atoms with Gasteiger partial charge >= 0.3 is 6.03 Å². The molecule has 2 heterocycles. The van der Waals surface area contributed by atoms with Gasteiger partial charge in [-0.3, -0.25) is 0 Å². The van der Waals surface area contributed by atoms with Gasteiger partial charge in [-0.05, 0) is 37.1 Å². The van der Waals surface area contributed by atoms with Gasteiger partial charge in [0, 0.05) is 36.7 Å². The molecule has 4 rings (SSSR count). The number of carbonyl (C=O) groups excluding carboxylic acids is 1. The number of rotatable bonds is 6. The summed E-state index contributed by atoms with van der Waals surface area (Å²) in [6, 6.07) is 9.08. The average molecular weight is 456 g/mol. The standard InChI is InChI=1S/C23H25FN4O5/c1-30-18-12-17(13-19(31-2)20(18)32-3)25-23(29)28-10-8-15(9-11-28)22-26-21(27-33-22)14-4-6-16(24)7-5-14/h4-7,12-13,15H,8-11H2,1-3H3,(H,25,29). The average Bonchev–Trinajstić information content (AvgIpc) is 3.34. The first-order valence-electron chi connectivity index (χ1n) is 10.5. The van der Waals surface area contributed by atoms with E-state index < -0.39 is 0 Å². The Bertz CT molecular complexity index is 1090. The number of methoxy groups -OCH3 is 3. The van der Waals surface area contributed by atoms with Gasteiger partial charge in [-0.1, -0.05) is 5.16 Å². The van der Waals surface area contributed by atoms with Gasteiger partial charge in [0.2, 0.25) is 17.5 Å². The molecule has 10 heteroatoms. The van der Waals surface area contributed by atoms with Gasteiger partial charge in [0.25, 0.3) is 0 Å². The molecule has 3 aromatic rings. The maximum atomic E-state index is 13.1. The van der Waals surface area contributed by atoms with Crippen molar-refractivity contribution < 1.29 is 27.9 Å². The summed E-state index contributed by atoms with van der Waals surface area (Å²) in [5, 5.41) is 6.90. The molecule has 0 radical (unpaired) electrons. The first-order valence-corrected chi connectivity index (χ1v) is 10.5. The van der Waals surface area contributed by atoms with Crippen molar-refractivity contribution in [3.05, 3.63) is 48.1 Å². The Balaban J connectivity index is 1.37. The summed E-state index contributed by atoms with van der Waals surface area (Å²) >= 11 is 0. The number of halogens is 1. The lowest BCUT2D eigenvalue weighted by atomic mass is 9.97. The van der Waals surface area contributed by atoms with E-state index in [0.29, 0.717) is 66.1 Å². The zero-order chi connectivity index (χ0) is 23.4. The number of nitrogens with zero attached hydrogens (tertiary/aromatic N) is 3. The summed E-state index contributed by atoms with van der Waals surface area (Å²) < 4.78 is 34.6. The predicted octanol–water partition coefficient (Wildman–Crippen LogP) is 4.31. The van der Waals surface area contributed by atoms with Crippen LogP contribution in [0.4, 0.5) is 14.9 Å². The lowest BCUT2D eigenvalue weighted by Crippen LogP contribution is -2.40. The fraction of sp³-hybridized carbons (Fsp3) is 0.348. The highest BCUT2D eigenvalue weighted by Gasteiger charge is 2.28. The lowest BCUT2D eigenvalue weighted by Gasteiger charge is -2.30. The second-order valence-corrected chi connectivity index (χ2v) is 7.57. The van der Waals surface area contributed by atoms with E-state index in [9.17, 15) is 9.18 Å². The van der Waals surface area contributed by atoms with Gasteiger partial charge in [0.15, 0.2) is 11.5 Å². The maximum Gasteiger partial charge on any atom is 0.321 e. The normalized spacial score (nSPS) is 14.1. The van der Waals surface area contributed by atoms with Gasteiger partial charge in [-0.2, -0.15) is 4.98 Å². The van der Waals surface area contributed by atoms with Crippen molar-refractivity contribution in [2.75, 3.05) is 39.7 Å². The minimum absolute atomic E-state index is 0.0527. The number of piperidine rings is 1. The smallest absolute Gasteiger partial charge is 0.321 e. The molecule has 0 spiro atoms. The van der Waals surface area contributed by atoms with Crippen LogP contribution in [-0.4, -0.2) is 55.5 Å². The van der Waals surface area contributed by atoms with E-state index in [1.54, 1.807) is 29.2 Å². The molecule has 1 aromatic heterocycles. The summed E-state index contributed by atoms with van der Waals surface area (Å²) in [5.41, 5.74) is 1.23. The summed E-state index contributed by atoms with van der Waals surface area (Å²) in [4.78, 5) is 19.0. The molecule has 33 heavy (non-hydrogen) atoms. The van der Waals surface area contributed by atoms with Crippen LogP contribution in [0.2, 0.25) is 0 Å². The Kier molecular flexibility index (Phi) is 6.62. The second-order valence-electron chi connectivity index (χ2n) is 7.57. The molecule has 0 atom stereocenters. The molecule has 0 unspecified atom stereocenters. The molecular formula is C23H25FN4O5. The first-order chi connectivity index (χ1) is 16.0. The van der Waals surface area contributed by atoms with Crippen molar-refractivity contribution >= 4 is 11.7 Å². The Morgan fingerprint density at radius 2 is 1.70 bits per heavy atom. The van der Waals surface area contributed by atoms with Gasteiger partial charge in [-0.15, -0.1) is 0 Å². The Hall–Kier alpha value is -3.82. The predicted molar refractivity (Wildman–Crippen MR) is 118 cm³/mol. The third-order valence-corrected chi connectivity index (χ3v) is 5.59. The molecule has 0 bridgehead atoms. The van der Waals surface area contributed by atoms with Crippen LogP contribution in [0.5, 0.6) is 17.2 Å². The molecule has 1 saturated heterocycles. The molecule has 174 valence electrons. The molecule has 2 amide bonds. The van der Waals surface area contributed by atoms with Crippen LogP contribution in [0.1, 0.15) is 24.7 Å². The molecule has 0 aliphatic carbocycles. The second kappa shape index (κ2) is 9.76. The molecule has 1 aliphatic heterocycles. The monoisotopic (exact) mass is 456 g/mol. The van der Waals surface area contributed by atoms with Crippen molar-refractivity contribution in [3.8, 4) is 28.6 Å². The van der Waals surface area contributed by atoms with Crippen molar-refractivity contribution in [2.24, 2.45) is 0 Å². The van der Waals surface area contributed by atoms with Crippen LogP contribution >= 0.6 is 0 Å². The van der Waals surface area contributed by atoms with Gasteiger partial charge < -0.3 is 29.0 Å². The molecule has 0 saturated carbocycles. The van der Waals surface area contributed by atoms with Crippen molar-refractivity contribution in [3.63, 3.8) is 0 Å². The first kappa shape index (κ1) is 22.4. The van der Waals surface area contributed by atoms with Gasteiger partial charge in [0.1, 0.15) is 5.82 Å². The minimum atomic E-state index is -0.320. The van der Waals surface area contributed by atoms with Crippen LogP contribution in [0.25, 0.3) is 11.4 Å². The number of hydrogen-bond acceptors (Lipinski definition) is 7. The van der Waals surface area contributed by atoms with Crippen LogP contribution in [0.3, 0.4) is 0 Å². The SMILES string of the molecule is COc1cc(NC(=O)N2CCC(c3nc(-c4ccc(F)cc4)no3)CC2)cc(OC)c1OC. The fourth-order valence-corrected chi connectivity index (χ4v) is 3.80. The van der Waals surface area contributed by atoms with Crippen LogP contribution in [0.15, 0.2) is 40.9 Å². The van der Waals surface area contributed by atoms with E-state index in [2.05, 4.69) is 15.5 Å². The number of hydrogen-bond donors (Lipinski definition) is 1. The number of anilines is 1. The van der Waals surface area contributed by atoms with E-state index in [1.807, 2.05) is 0 Å². The summed E-state index contributed by atoms with van der Waals surface area (Å²) in [6.45, 7) is 1.07.